The number of halogens is 1. The summed E-state index contributed by atoms with van der Waals surface area (Å²) in [4.78, 5) is 13.8. The summed E-state index contributed by atoms with van der Waals surface area (Å²) < 4.78 is 0. The molecular weight excluding hydrogens is 498 g/mol. The predicted molar refractivity (Wildman–Crippen MR) is 162 cm³/mol. The van der Waals surface area contributed by atoms with Crippen LogP contribution in [0.5, 0.6) is 0 Å². The van der Waals surface area contributed by atoms with Crippen LogP contribution in [-0.4, -0.2) is 15.0 Å². The first-order chi connectivity index (χ1) is 19.2. The van der Waals surface area contributed by atoms with Gasteiger partial charge < -0.3 is 0 Å². The molecular formula is C35H22ClN3. The average molecular weight is 520 g/mol. The average Bonchev–Trinajstić information content (AvgIpc) is 3.00. The van der Waals surface area contributed by atoms with Gasteiger partial charge in [-0.05, 0) is 79.7 Å². The predicted octanol–water partition coefficient (Wildman–Crippen LogP) is 9.50. The van der Waals surface area contributed by atoms with Gasteiger partial charge in [-0.25, -0.2) is 4.98 Å². The highest BCUT2D eigenvalue weighted by molar-refractivity contribution is 6.28. The molecule has 4 heteroatoms. The Balaban J connectivity index is 1.26. The van der Waals surface area contributed by atoms with E-state index in [4.69, 9.17) is 16.6 Å². The highest BCUT2D eigenvalue weighted by Gasteiger charge is 2.12. The first kappa shape index (κ1) is 23.3. The third kappa shape index (κ3) is 4.65. The molecule has 184 valence electrons. The highest BCUT2D eigenvalue weighted by Crippen LogP contribution is 2.31. The van der Waals surface area contributed by atoms with Crippen LogP contribution in [0.25, 0.3) is 66.6 Å². The Bertz CT molecular complexity index is 1860. The summed E-state index contributed by atoms with van der Waals surface area (Å²) in [5.41, 5.74) is 6.23. The molecule has 1 heterocycles. The third-order valence-corrected chi connectivity index (χ3v) is 7.18. The Morgan fingerprint density at radius 3 is 1.23 bits per heavy atom. The van der Waals surface area contributed by atoms with Gasteiger partial charge in [0.25, 0.3) is 0 Å². The highest BCUT2D eigenvalue weighted by atomic mass is 35.5. The third-order valence-electron chi connectivity index (χ3n) is 7.02. The molecule has 39 heavy (non-hydrogen) atoms. The number of rotatable bonds is 4. The van der Waals surface area contributed by atoms with Gasteiger partial charge in [0.2, 0.25) is 5.28 Å². The maximum atomic E-state index is 6.43. The van der Waals surface area contributed by atoms with Crippen molar-refractivity contribution in [3.8, 4) is 45.0 Å². The molecule has 6 aromatic carbocycles. The van der Waals surface area contributed by atoms with Crippen molar-refractivity contribution in [1.82, 2.24) is 15.0 Å². The van der Waals surface area contributed by atoms with Gasteiger partial charge in [0, 0.05) is 11.1 Å². The van der Waals surface area contributed by atoms with E-state index in [9.17, 15) is 0 Å². The molecule has 0 radical (unpaired) electrons. The fourth-order valence-corrected chi connectivity index (χ4v) is 5.18. The Morgan fingerprint density at radius 2 is 0.744 bits per heavy atom. The van der Waals surface area contributed by atoms with Gasteiger partial charge in [-0.3, -0.25) is 0 Å². The van der Waals surface area contributed by atoms with Crippen LogP contribution in [-0.2, 0) is 0 Å². The lowest BCUT2D eigenvalue weighted by Crippen LogP contribution is -1.97. The molecule has 0 unspecified atom stereocenters. The molecule has 0 aliphatic carbocycles. The largest absolute Gasteiger partial charge is 0.226 e. The van der Waals surface area contributed by atoms with E-state index in [1.165, 1.54) is 21.5 Å². The molecule has 0 fully saturated rings. The van der Waals surface area contributed by atoms with Gasteiger partial charge in [0.15, 0.2) is 11.6 Å². The number of hydrogen-bond donors (Lipinski definition) is 0. The van der Waals surface area contributed by atoms with Crippen molar-refractivity contribution in [2.24, 2.45) is 0 Å². The zero-order chi connectivity index (χ0) is 26.2. The first-order valence-electron chi connectivity index (χ1n) is 12.8. The van der Waals surface area contributed by atoms with Crippen molar-refractivity contribution in [2.75, 3.05) is 0 Å². The molecule has 0 N–H and O–H groups in total. The standard InChI is InChI=1S/C35H22ClN3/c36-35-38-33(31-13-5-11-27(21-31)29-17-15-23-7-1-3-9-25(23)19-29)37-34(39-35)32-14-6-12-28(22-32)30-18-16-24-8-2-4-10-26(24)20-30/h1-22H. The van der Waals surface area contributed by atoms with Crippen LogP contribution >= 0.6 is 11.6 Å². The van der Waals surface area contributed by atoms with Gasteiger partial charge in [-0.15, -0.1) is 0 Å². The Hall–Kier alpha value is -4.86. The van der Waals surface area contributed by atoms with Gasteiger partial charge in [-0.1, -0.05) is 109 Å². The maximum Gasteiger partial charge on any atom is 0.226 e. The summed E-state index contributed by atoms with van der Waals surface area (Å²) in [6, 6.07) is 46.2. The summed E-state index contributed by atoms with van der Waals surface area (Å²) in [5, 5.41) is 5.02. The van der Waals surface area contributed by atoms with Crippen LogP contribution < -0.4 is 0 Å². The van der Waals surface area contributed by atoms with Crippen LogP contribution in [0.15, 0.2) is 133 Å². The second-order valence-electron chi connectivity index (χ2n) is 9.54. The molecule has 7 rings (SSSR count). The summed E-state index contributed by atoms with van der Waals surface area (Å²) in [7, 11) is 0. The van der Waals surface area contributed by atoms with E-state index >= 15 is 0 Å². The molecule has 0 spiro atoms. The number of aromatic nitrogens is 3. The fraction of sp³-hybridized carbons (Fsp3) is 0. The van der Waals surface area contributed by atoms with Gasteiger partial charge >= 0.3 is 0 Å². The van der Waals surface area contributed by atoms with Gasteiger partial charge in [0.05, 0.1) is 0 Å². The fourth-order valence-electron chi connectivity index (χ4n) is 5.02. The summed E-state index contributed by atoms with van der Waals surface area (Å²) in [6.07, 6.45) is 0. The van der Waals surface area contributed by atoms with Crippen LogP contribution in [0, 0.1) is 0 Å². The second-order valence-corrected chi connectivity index (χ2v) is 9.88. The van der Waals surface area contributed by atoms with Crippen molar-refractivity contribution < 1.29 is 0 Å². The van der Waals surface area contributed by atoms with E-state index in [0.717, 1.165) is 33.4 Å². The molecule has 0 saturated carbocycles. The van der Waals surface area contributed by atoms with E-state index in [0.29, 0.717) is 11.6 Å². The Labute approximate surface area is 231 Å². The minimum atomic E-state index is 0.169. The van der Waals surface area contributed by atoms with Crippen LogP contribution in [0.4, 0.5) is 0 Å². The van der Waals surface area contributed by atoms with E-state index in [-0.39, 0.29) is 5.28 Å². The SMILES string of the molecule is Clc1nc(-c2cccc(-c3ccc4ccccc4c3)c2)nc(-c2cccc(-c3ccc4ccccc4c3)c2)n1. The molecule has 0 amide bonds. The molecule has 0 aliphatic heterocycles. The lowest BCUT2D eigenvalue weighted by atomic mass is 9.99. The first-order valence-corrected chi connectivity index (χ1v) is 13.2. The smallest absolute Gasteiger partial charge is 0.208 e. The van der Waals surface area contributed by atoms with E-state index < -0.39 is 0 Å². The summed E-state index contributed by atoms with van der Waals surface area (Å²) in [6.45, 7) is 0. The zero-order valence-electron chi connectivity index (χ0n) is 20.9. The van der Waals surface area contributed by atoms with Crippen LogP contribution in [0.3, 0.4) is 0 Å². The minimum absolute atomic E-state index is 0.169. The second kappa shape index (κ2) is 9.79. The van der Waals surface area contributed by atoms with E-state index in [2.05, 4.69) is 119 Å². The Kier molecular flexibility index (Phi) is 5.84. The molecule has 0 saturated heterocycles. The summed E-state index contributed by atoms with van der Waals surface area (Å²) >= 11 is 6.43. The molecule has 0 atom stereocenters. The van der Waals surface area contributed by atoms with Crippen molar-refractivity contribution in [3.63, 3.8) is 0 Å². The van der Waals surface area contributed by atoms with Gasteiger partial charge in [0.1, 0.15) is 0 Å². The lowest BCUT2D eigenvalue weighted by molar-refractivity contribution is 1.07. The minimum Gasteiger partial charge on any atom is -0.208 e. The number of hydrogen-bond acceptors (Lipinski definition) is 3. The summed E-state index contributed by atoms with van der Waals surface area (Å²) in [5.74, 6) is 1.09. The molecule has 7 aromatic rings. The van der Waals surface area contributed by atoms with Crippen molar-refractivity contribution in [2.45, 2.75) is 0 Å². The zero-order valence-corrected chi connectivity index (χ0v) is 21.7. The molecule has 0 bridgehead atoms. The van der Waals surface area contributed by atoms with Crippen LogP contribution in [0.1, 0.15) is 0 Å². The van der Waals surface area contributed by atoms with Crippen LogP contribution in [0.2, 0.25) is 5.28 Å². The molecule has 0 aliphatic rings. The maximum absolute atomic E-state index is 6.43. The Morgan fingerprint density at radius 1 is 0.333 bits per heavy atom. The number of benzene rings is 6. The van der Waals surface area contributed by atoms with E-state index in [1.54, 1.807) is 0 Å². The monoisotopic (exact) mass is 519 g/mol. The van der Waals surface area contributed by atoms with Crippen molar-refractivity contribution in [1.29, 1.82) is 0 Å². The quantitative estimate of drug-likeness (QED) is 0.232. The van der Waals surface area contributed by atoms with Crippen molar-refractivity contribution >= 4 is 33.1 Å². The van der Waals surface area contributed by atoms with Gasteiger partial charge in [-0.2, -0.15) is 9.97 Å². The van der Waals surface area contributed by atoms with E-state index in [1.807, 2.05) is 24.3 Å². The number of nitrogens with zero attached hydrogens (tertiary/aromatic N) is 3. The molecule has 3 nitrogen and oxygen atoms in total. The van der Waals surface area contributed by atoms with Crippen molar-refractivity contribution in [3.05, 3.63) is 139 Å². The normalized spacial score (nSPS) is 11.2. The topological polar surface area (TPSA) is 38.7 Å². The molecule has 1 aromatic heterocycles. The lowest BCUT2D eigenvalue weighted by Gasteiger charge is -2.09. The number of fused-ring (bicyclic) bond motifs is 2.